The van der Waals surface area contributed by atoms with Gasteiger partial charge in [-0.2, -0.15) is 4.98 Å². The molecule has 0 saturated carbocycles. The molecule has 2 heterocycles. The first kappa shape index (κ1) is 17.3. The molecule has 0 fully saturated rings. The van der Waals surface area contributed by atoms with Crippen molar-refractivity contribution in [2.75, 3.05) is 16.8 Å². The van der Waals surface area contributed by atoms with Gasteiger partial charge in [0.15, 0.2) is 0 Å². The van der Waals surface area contributed by atoms with Crippen LogP contribution in [0.4, 0.5) is 23.1 Å². The van der Waals surface area contributed by atoms with Crippen LogP contribution in [-0.4, -0.2) is 16.5 Å². The van der Waals surface area contributed by atoms with E-state index in [4.69, 9.17) is 9.72 Å². The second-order valence-corrected chi connectivity index (χ2v) is 6.83. The van der Waals surface area contributed by atoms with Gasteiger partial charge >= 0.3 is 0 Å². The molecule has 29 heavy (non-hydrogen) atoms. The van der Waals surface area contributed by atoms with Crippen molar-refractivity contribution in [3.63, 3.8) is 0 Å². The van der Waals surface area contributed by atoms with Crippen molar-refractivity contribution in [1.29, 1.82) is 0 Å². The molecule has 142 valence electrons. The third-order valence-corrected chi connectivity index (χ3v) is 4.89. The quantitative estimate of drug-likeness (QED) is 0.481. The van der Waals surface area contributed by atoms with E-state index in [2.05, 4.69) is 39.5 Å². The molecule has 1 N–H and O–H groups in total. The predicted molar refractivity (Wildman–Crippen MR) is 115 cm³/mol. The minimum absolute atomic E-state index is 0.573. The first-order chi connectivity index (χ1) is 14.3. The van der Waals surface area contributed by atoms with Crippen LogP contribution in [0.1, 0.15) is 5.56 Å². The van der Waals surface area contributed by atoms with Gasteiger partial charge in [0.2, 0.25) is 5.95 Å². The van der Waals surface area contributed by atoms with Crippen LogP contribution in [0.25, 0.3) is 0 Å². The second-order valence-electron chi connectivity index (χ2n) is 6.83. The Morgan fingerprint density at radius 1 is 0.793 bits per heavy atom. The molecular formula is C24H20N4O. The molecular weight excluding hydrogens is 360 g/mol. The first-order valence-corrected chi connectivity index (χ1v) is 9.64. The van der Waals surface area contributed by atoms with Gasteiger partial charge in [-0.1, -0.05) is 36.4 Å². The van der Waals surface area contributed by atoms with Crippen LogP contribution in [0.2, 0.25) is 0 Å². The normalized spacial score (nSPS) is 12.5. The lowest BCUT2D eigenvalue weighted by Crippen LogP contribution is -2.15. The number of benzene rings is 3. The highest BCUT2D eigenvalue weighted by Gasteiger charge is 2.21. The molecule has 0 spiro atoms. The molecule has 0 saturated heterocycles. The van der Waals surface area contributed by atoms with Gasteiger partial charge in [-0.3, -0.25) is 0 Å². The predicted octanol–water partition coefficient (Wildman–Crippen LogP) is 5.71. The Labute approximate surface area is 169 Å². The average Bonchev–Trinajstić information content (AvgIpc) is 3.20. The number of hydrogen-bond acceptors (Lipinski definition) is 5. The molecule has 1 aliphatic heterocycles. The monoisotopic (exact) mass is 380 g/mol. The molecule has 1 aromatic heterocycles. The number of para-hydroxylation sites is 2. The minimum Gasteiger partial charge on any atom is -0.457 e. The van der Waals surface area contributed by atoms with E-state index in [-0.39, 0.29) is 0 Å². The molecule has 0 atom stereocenters. The van der Waals surface area contributed by atoms with E-state index in [1.165, 1.54) is 11.3 Å². The van der Waals surface area contributed by atoms with Crippen LogP contribution in [0.15, 0.2) is 91.1 Å². The van der Waals surface area contributed by atoms with Gasteiger partial charge in [0.05, 0.1) is 0 Å². The number of fused-ring (bicyclic) bond motifs is 1. The molecule has 3 aromatic carbocycles. The fraction of sp³-hybridized carbons (Fsp3) is 0.0833. The summed E-state index contributed by atoms with van der Waals surface area (Å²) in [6.45, 7) is 0.932. The maximum atomic E-state index is 5.84. The highest BCUT2D eigenvalue weighted by atomic mass is 16.5. The van der Waals surface area contributed by atoms with Crippen molar-refractivity contribution in [1.82, 2.24) is 9.97 Å². The number of hydrogen-bond donors (Lipinski definition) is 1. The smallest absolute Gasteiger partial charge is 0.229 e. The van der Waals surface area contributed by atoms with Crippen LogP contribution < -0.4 is 15.0 Å². The molecule has 0 aliphatic carbocycles. The Morgan fingerprint density at radius 2 is 1.55 bits per heavy atom. The van der Waals surface area contributed by atoms with E-state index in [0.29, 0.717) is 5.95 Å². The summed E-state index contributed by atoms with van der Waals surface area (Å²) in [5, 5.41) is 3.28. The Morgan fingerprint density at radius 3 is 2.41 bits per heavy atom. The maximum absolute atomic E-state index is 5.84. The summed E-state index contributed by atoms with van der Waals surface area (Å²) in [7, 11) is 0. The summed E-state index contributed by atoms with van der Waals surface area (Å²) in [6, 6.07) is 27.9. The molecule has 5 rings (SSSR count). The zero-order valence-corrected chi connectivity index (χ0v) is 15.8. The minimum atomic E-state index is 0.573. The third-order valence-electron chi connectivity index (χ3n) is 4.89. The molecule has 5 heteroatoms. The van der Waals surface area contributed by atoms with Gasteiger partial charge in [0.1, 0.15) is 17.3 Å². The van der Waals surface area contributed by atoms with Crippen molar-refractivity contribution in [3.05, 3.63) is 96.7 Å². The molecule has 0 amide bonds. The Hall–Kier alpha value is -3.86. The number of aromatic nitrogens is 2. The third kappa shape index (κ3) is 3.75. The molecule has 0 unspecified atom stereocenters. The van der Waals surface area contributed by atoms with Crippen molar-refractivity contribution in [2.45, 2.75) is 6.42 Å². The molecule has 0 radical (unpaired) electrons. The topological polar surface area (TPSA) is 50.3 Å². The van der Waals surface area contributed by atoms with Gasteiger partial charge in [-0.05, 0) is 60.5 Å². The van der Waals surface area contributed by atoms with Gasteiger partial charge in [0.25, 0.3) is 0 Å². The van der Waals surface area contributed by atoms with Crippen molar-refractivity contribution in [2.24, 2.45) is 0 Å². The summed E-state index contributed by atoms with van der Waals surface area (Å²) in [4.78, 5) is 11.3. The van der Waals surface area contributed by atoms with E-state index in [9.17, 15) is 0 Å². The van der Waals surface area contributed by atoms with Crippen LogP contribution in [0.3, 0.4) is 0 Å². The number of rotatable bonds is 5. The lowest BCUT2D eigenvalue weighted by atomic mass is 10.2. The number of nitrogens with zero attached hydrogens (tertiary/aromatic N) is 3. The summed E-state index contributed by atoms with van der Waals surface area (Å²) in [5.41, 5.74) is 3.48. The number of nitrogens with one attached hydrogen (secondary N) is 1. The van der Waals surface area contributed by atoms with Crippen LogP contribution in [0.5, 0.6) is 11.5 Å². The molecule has 5 nitrogen and oxygen atoms in total. The van der Waals surface area contributed by atoms with Crippen molar-refractivity contribution in [3.8, 4) is 11.5 Å². The molecule has 0 bridgehead atoms. The summed E-state index contributed by atoms with van der Waals surface area (Å²) < 4.78 is 5.84. The van der Waals surface area contributed by atoms with Crippen LogP contribution in [0, 0.1) is 0 Å². The zero-order valence-electron chi connectivity index (χ0n) is 15.8. The standard InChI is InChI=1S/C24H20N4O/c1-2-7-20(8-3-1)29-21-12-10-19(11-13-21)26-24-25-16-14-23(27-24)28-17-15-18-6-4-5-9-22(18)28/h1-14,16H,15,17H2,(H,25,26,27). The van der Waals surface area contributed by atoms with E-state index in [0.717, 1.165) is 36.0 Å². The molecule has 1 aliphatic rings. The second kappa shape index (κ2) is 7.64. The summed E-state index contributed by atoms with van der Waals surface area (Å²) in [6.07, 6.45) is 2.82. The van der Waals surface area contributed by atoms with Crippen molar-refractivity contribution >= 4 is 23.1 Å². The van der Waals surface area contributed by atoms with Crippen molar-refractivity contribution < 1.29 is 4.74 Å². The average molecular weight is 380 g/mol. The lowest BCUT2D eigenvalue weighted by molar-refractivity contribution is 0.483. The fourth-order valence-electron chi connectivity index (χ4n) is 3.50. The Balaban J connectivity index is 1.31. The maximum Gasteiger partial charge on any atom is 0.229 e. The highest BCUT2D eigenvalue weighted by molar-refractivity contribution is 5.68. The van der Waals surface area contributed by atoms with Gasteiger partial charge in [-0.15, -0.1) is 0 Å². The SMILES string of the molecule is c1ccc(Oc2ccc(Nc3nccc(N4CCc5ccccc54)n3)cc2)cc1. The zero-order chi connectivity index (χ0) is 19.5. The number of anilines is 4. The van der Waals surface area contributed by atoms with E-state index in [1.54, 1.807) is 6.20 Å². The van der Waals surface area contributed by atoms with Crippen LogP contribution >= 0.6 is 0 Å². The number of ether oxygens (including phenoxy) is 1. The Kier molecular flexibility index (Phi) is 4.54. The first-order valence-electron chi connectivity index (χ1n) is 9.64. The van der Waals surface area contributed by atoms with E-state index in [1.807, 2.05) is 60.7 Å². The lowest BCUT2D eigenvalue weighted by Gasteiger charge is -2.18. The highest BCUT2D eigenvalue weighted by Crippen LogP contribution is 2.33. The Bertz CT molecular complexity index is 1110. The van der Waals surface area contributed by atoms with Gasteiger partial charge < -0.3 is 15.0 Å². The largest absolute Gasteiger partial charge is 0.457 e. The van der Waals surface area contributed by atoms with E-state index >= 15 is 0 Å². The molecule has 4 aromatic rings. The van der Waals surface area contributed by atoms with E-state index < -0.39 is 0 Å². The summed E-state index contributed by atoms with van der Waals surface area (Å²) >= 11 is 0. The van der Waals surface area contributed by atoms with Crippen LogP contribution in [-0.2, 0) is 6.42 Å². The van der Waals surface area contributed by atoms with Gasteiger partial charge in [-0.25, -0.2) is 4.98 Å². The van der Waals surface area contributed by atoms with Gasteiger partial charge in [0, 0.05) is 24.1 Å². The fourth-order valence-corrected chi connectivity index (χ4v) is 3.50. The summed E-state index contributed by atoms with van der Waals surface area (Å²) in [5.74, 6) is 3.07.